The fourth-order valence-corrected chi connectivity index (χ4v) is 2.26. The minimum absolute atomic E-state index is 0.640. The Kier molecular flexibility index (Phi) is 4.25. The Morgan fingerprint density at radius 2 is 2.33 bits per heavy atom. The molecule has 0 saturated carbocycles. The van der Waals surface area contributed by atoms with E-state index in [4.69, 9.17) is 10.00 Å². The van der Waals surface area contributed by atoms with E-state index in [1.165, 1.54) is 6.42 Å². The first-order chi connectivity index (χ1) is 8.85. The Bertz CT molecular complexity index is 474. The van der Waals surface area contributed by atoms with Crippen molar-refractivity contribution >= 4 is 5.69 Å². The molecule has 1 atom stereocenters. The second-order valence-electron chi connectivity index (χ2n) is 4.53. The number of methoxy groups -OCH3 is 1. The first-order valence-electron chi connectivity index (χ1n) is 6.31. The first kappa shape index (κ1) is 12.5. The van der Waals surface area contributed by atoms with Gasteiger partial charge in [-0.3, -0.25) is 0 Å². The highest BCUT2D eigenvalue weighted by Crippen LogP contribution is 2.29. The van der Waals surface area contributed by atoms with E-state index in [1.807, 2.05) is 18.2 Å². The highest BCUT2D eigenvalue weighted by molar-refractivity contribution is 5.66. The van der Waals surface area contributed by atoms with Gasteiger partial charge in [-0.25, -0.2) is 0 Å². The lowest BCUT2D eigenvalue weighted by Gasteiger charge is -2.20. The maximum Gasteiger partial charge on any atom is 0.143 e. The van der Waals surface area contributed by atoms with Crippen LogP contribution in [-0.2, 0) is 0 Å². The number of hydrogen-bond acceptors (Lipinski definition) is 3. The maximum absolute atomic E-state index is 9.12. The average molecular weight is 242 g/mol. The van der Waals surface area contributed by atoms with Gasteiger partial charge in [-0.1, -0.05) is 18.2 Å². The Hall–Kier alpha value is -1.95. The molecule has 0 aromatic heterocycles. The summed E-state index contributed by atoms with van der Waals surface area (Å²) in [5.41, 5.74) is 1.46. The SMILES string of the molecule is COc1cccc(C#N)c1NCC1CC=CCC1. The summed E-state index contributed by atoms with van der Waals surface area (Å²) >= 11 is 0. The third-order valence-corrected chi connectivity index (χ3v) is 3.31. The van der Waals surface area contributed by atoms with Crippen molar-refractivity contribution in [3.05, 3.63) is 35.9 Å². The molecule has 0 fully saturated rings. The van der Waals surface area contributed by atoms with Crippen LogP contribution in [0.1, 0.15) is 24.8 Å². The molecule has 94 valence electrons. The van der Waals surface area contributed by atoms with E-state index >= 15 is 0 Å². The highest BCUT2D eigenvalue weighted by Gasteiger charge is 2.13. The van der Waals surface area contributed by atoms with Crippen LogP contribution in [0.15, 0.2) is 30.4 Å². The lowest BCUT2D eigenvalue weighted by atomic mass is 9.94. The summed E-state index contributed by atoms with van der Waals surface area (Å²) in [7, 11) is 1.63. The number of allylic oxidation sites excluding steroid dienone is 2. The third-order valence-electron chi connectivity index (χ3n) is 3.31. The van der Waals surface area contributed by atoms with Crippen molar-refractivity contribution in [2.75, 3.05) is 19.0 Å². The molecule has 0 spiro atoms. The quantitative estimate of drug-likeness (QED) is 0.824. The van der Waals surface area contributed by atoms with Crippen LogP contribution < -0.4 is 10.1 Å². The van der Waals surface area contributed by atoms with Gasteiger partial charge in [0.25, 0.3) is 0 Å². The van der Waals surface area contributed by atoms with Crippen LogP contribution in [0.3, 0.4) is 0 Å². The molecule has 2 rings (SSSR count). The molecule has 0 bridgehead atoms. The smallest absolute Gasteiger partial charge is 0.143 e. The van der Waals surface area contributed by atoms with Crippen LogP contribution in [0.5, 0.6) is 5.75 Å². The molecule has 1 unspecified atom stereocenters. The molecule has 1 aromatic carbocycles. The van der Waals surface area contributed by atoms with Gasteiger partial charge in [-0.15, -0.1) is 0 Å². The maximum atomic E-state index is 9.12. The summed E-state index contributed by atoms with van der Waals surface area (Å²) in [5.74, 6) is 1.38. The van der Waals surface area contributed by atoms with Crippen LogP contribution in [0.2, 0.25) is 0 Å². The molecule has 1 aromatic rings. The van der Waals surface area contributed by atoms with Crippen LogP contribution >= 0.6 is 0 Å². The minimum Gasteiger partial charge on any atom is -0.495 e. The second-order valence-corrected chi connectivity index (χ2v) is 4.53. The number of hydrogen-bond donors (Lipinski definition) is 1. The van der Waals surface area contributed by atoms with Gasteiger partial charge in [-0.2, -0.15) is 5.26 Å². The van der Waals surface area contributed by atoms with Crippen molar-refractivity contribution in [3.63, 3.8) is 0 Å². The standard InChI is InChI=1S/C15H18N2O/c1-18-14-9-5-8-13(10-16)15(14)17-11-12-6-3-2-4-7-12/h2-3,5,8-9,12,17H,4,6-7,11H2,1H3. The summed E-state index contributed by atoms with van der Waals surface area (Å²) in [4.78, 5) is 0. The molecule has 18 heavy (non-hydrogen) atoms. The summed E-state index contributed by atoms with van der Waals surface area (Å²) in [6, 6.07) is 7.73. The lowest BCUT2D eigenvalue weighted by molar-refractivity contribution is 0.415. The molecule has 0 amide bonds. The number of anilines is 1. The lowest BCUT2D eigenvalue weighted by Crippen LogP contribution is -2.16. The predicted molar refractivity (Wildman–Crippen MR) is 72.7 cm³/mol. The number of benzene rings is 1. The zero-order valence-electron chi connectivity index (χ0n) is 10.6. The van der Waals surface area contributed by atoms with Crippen molar-refractivity contribution < 1.29 is 4.74 Å². The molecule has 1 N–H and O–H groups in total. The molecular formula is C15H18N2O. The van der Waals surface area contributed by atoms with E-state index < -0.39 is 0 Å². The Morgan fingerprint density at radius 1 is 1.44 bits per heavy atom. The van der Waals surface area contributed by atoms with Gasteiger partial charge in [0, 0.05) is 6.54 Å². The van der Waals surface area contributed by atoms with E-state index in [-0.39, 0.29) is 0 Å². The van der Waals surface area contributed by atoms with Gasteiger partial charge >= 0.3 is 0 Å². The zero-order valence-corrected chi connectivity index (χ0v) is 10.6. The van der Waals surface area contributed by atoms with E-state index in [1.54, 1.807) is 7.11 Å². The molecule has 0 heterocycles. The summed E-state index contributed by atoms with van der Waals surface area (Å²) in [6.07, 6.45) is 7.96. The number of nitriles is 1. The van der Waals surface area contributed by atoms with Gasteiger partial charge in [-0.05, 0) is 37.3 Å². The van der Waals surface area contributed by atoms with Crippen LogP contribution in [0.25, 0.3) is 0 Å². The number of ether oxygens (including phenoxy) is 1. The Morgan fingerprint density at radius 3 is 3.00 bits per heavy atom. The average Bonchev–Trinajstić information content (AvgIpc) is 2.45. The third kappa shape index (κ3) is 2.84. The Labute approximate surface area is 108 Å². The fourth-order valence-electron chi connectivity index (χ4n) is 2.26. The zero-order chi connectivity index (χ0) is 12.8. The van der Waals surface area contributed by atoms with E-state index in [0.29, 0.717) is 11.5 Å². The van der Waals surface area contributed by atoms with Gasteiger partial charge in [0.2, 0.25) is 0 Å². The molecule has 3 heteroatoms. The largest absolute Gasteiger partial charge is 0.495 e. The molecular weight excluding hydrogens is 224 g/mol. The molecule has 0 saturated heterocycles. The van der Waals surface area contributed by atoms with Gasteiger partial charge in [0.05, 0.1) is 18.4 Å². The monoisotopic (exact) mass is 242 g/mol. The first-order valence-corrected chi connectivity index (χ1v) is 6.31. The van der Waals surface area contributed by atoms with E-state index in [0.717, 1.165) is 30.8 Å². The molecule has 3 nitrogen and oxygen atoms in total. The summed E-state index contributed by atoms with van der Waals surface area (Å²) in [5, 5.41) is 12.5. The van der Waals surface area contributed by atoms with Crippen LogP contribution in [0, 0.1) is 17.2 Å². The van der Waals surface area contributed by atoms with Crippen molar-refractivity contribution in [1.29, 1.82) is 5.26 Å². The number of rotatable bonds is 4. The summed E-state index contributed by atoms with van der Waals surface area (Å²) in [6.45, 7) is 0.888. The van der Waals surface area contributed by atoms with Crippen molar-refractivity contribution in [3.8, 4) is 11.8 Å². The molecule has 0 radical (unpaired) electrons. The second kappa shape index (κ2) is 6.11. The normalized spacial score (nSPS) is 18.1. The van der Waals surface area contributed by atoms with Crippen molar-refractivity contribution in [2.45, 2.75) is 19.3 Å². The van der Waals surface area contributed by atoms with Crippen molar-refractivity contribution in [1.82, 2.24) is 0 Å². The topological polar surface area (TPSA) is 45.0 Å². The minimum atomic E-state index is 0.640. The van der Waals surface area contributed by atoms with E-state index in [2.05, 4.69) is 23.5 Å². The molecule has 1 aliphatic rings. The van der Waals surface area contributed by atoms with Crippen LogP contribution in [-0.4, -0.2) is 13.7 Å². The van der Waals surface area contributed by atoms with Gasteiger partial charge in [0.1, 0.15) is 11.8 Å². The fraction of sp³-hybridized carbons (Fsp3) is 0.400. The Balaban J connectivity index is 2.08. The molecule has 1 aliphatic carbocycles. The molecule has 0 aliphatic heterocycles. The predicted octanol–water partition coefficient (Wildman–Crippen LogP) is 3.34. The van der Waals surface area contributed by atoms with E-state index in [9.17, 15) is 0 Å². The number of nitrogens with zero attached hydrogens (tertiary/aromatic N) is 1. The van der Waals surface area contributed by atoms with Crippen molar-refractivity contribution in [2.24, 2.45) is 5.92 Å². The van der Waals surface area contributed by atoms with Gasteiger partial charge in [0.15, 0.2) is 0 Å². The van der Waals surface area contributed by atoms with Gasteiger partial charge < -0.3 is 10.1 Å². The van der Waals surface area contributed by atoms with Crippen LogP contribution in [0.4, 0.5) is 5.69 Å². The highest BCUT2D eigenvalue weighted by atomic mass is 16.5. The number of para-hydroxylation sites is 1. The number of nitrogens with one attached hydrogen (secondary N) is 1. The summed E-state index contributed by atoms with van der Waals surface area (Å²) < 4.78 is 5.30.